The van der Waals surface area contributed by atoms with Gasteiger partial charge in [0.05, 0.1) is 12.6 Å². The first-order valence-electron chi connectivity index (χ1n) is 8.30. The molecule has 1 saturated heterocycles. The number of halogens is 1. The highest BCUT2D eigenvalue weighted by atomic mass is 35.5. The summed E-state index contributed by atoms with van der Waals surface area (Å²) in [5.74, 6) is -0.800. The number of ether oxygens (including phenoxy) is 1. The molecule has 0 radical (unpaired) electrons. The average Bonchev–Trinajstić information content (AvgIpc) is 2.99. The van der Waals surface area contributed by atoms with Crippen molar-refractivity contribution in [3.8, 4) is 0 Å². The maximum atomic E-state index is 12.4. The fourth-order valence-electron chi connectivity index (χ4n) is 2.66. The van der Waals surface area contributed by atoms with Crippen molar-refractivity contribution in [1.29, 1.82) is 0 Å². The molecule has 1 N–H and O–H groups in total. The van der Waals surface area contributed by atoms with E-state index in [-0.39, 0.29) is 19.1 Å². The minimum atomic E-state index is -0.707. The minimum Gasteiger partial charge on any atom is -0.439 e. The molecule has 3 rings (SSSR count). The van der Waals surface area contributed by atoms with Crippen LogP contribution in [0.4, 0.5) is 4.79 Å². The largest absolute Gasteiger partial charge is 0.439 e. The van der Waals surface area contributed by atoms with E-state index in [1.54, 1.807) is 24.3 Å². The van der Waals surface area contributed by atoms with Crippen LogP contribution in [-0.4, -0.2) is 36.0 Å². The molecule has 7 heteroatoms. The Balaban J connectivity index is 1.75. The van der Waals surface area contributed by atoms with Gasteiger partial charge in [-0.3, -0.25) is 9.59 Å². The zero-order valence-corrected chi connectivity index (χ0v) is 15.1. The molecule has 2 aromatic carbocycles. The highest BCUT2D eigenvalue weighted by molar-refractivity contribution is 6.32. The zero-order valence-electron chi connectivity index (χ0n) is 14.3. The first-order valence-corrected chi connectivity index (χ1v) is 8.67. The summed E-state index contributed by atoms with van der Waals surface area (Å²) < 4.78 is 4.73. The molecule has 1 atom stereocenters. The van der Waals surface area contributed by atoms with Crippen LogP contribution in [0.5, 0.6) is 0 Å². The molecule has 0 bridgehead atoms. The lowest BCUT2D eigenvalue weighted by Gasteiger charge is -2.22. The van der Waals surface area contributed by atoms with Gasteiger partial charge < -0.3 is 10.1 Å². The lowest BCUT2D eigenvalue weighted by molar-refractivity contribution is -0.126. The van der Waals surface area contributed by atoms with Crippen molar-refractivity contribution in [3.05, 3.63) is 76.8 Å². The van der Waals surface area contributed by atoms with E-state index in [2.05, 4.69) is 5.32 Å². The lowest BCUT2D eigenvalue weighted by atomic mass is 10.1. The third kappa shape index (κ3) is 4.74. The van der Waals surface area contributed by atoms with E-state index < -0.39 is 18.0 Å². The summed E-state index contributed by atoms with van der Waals surface area (Å²) in [6.07, 6.45) is 2.26. The van der Waals surface area contributed by atoms with Gasteiger partial charge in [0.1, 0.15) is 0 Å². The summed E-state index contributed by atoms with van der Waals surface area (Å²) in [4.78, 5) is 36.9. The number of imide groups is 1. The molecule has 1 aliphatic rings. The second-order valence-corrected chi connectivity index (χ2v) is 6.29. The molecule has 1 fully saturated rings. The number of rotatable bonds is 6. The van der Waals surface area contributed by atoms with Crippen LogP contribution in [0.1, 0.15) is 17.2 Å². The van der Waals surface area contributed by atoms with Gasteiger partial charge in [0.15, 0.2) is 6.61 Å². The number of carbonyl (C=O) groups is 3. The third-order valence-corrected chi connectivity index (χ3v) is 4.39. The van der Waals surface area contributed by atoms with Crippen molar-refractivity contribution in [2.24, 2.45) is 0 Å². The number of amides is 3. The standard InChI is InChI=1S/C20H17ClN2O4/c21-16-9-5-4-6-14(16)10-11-18(24)22-17(15-7-2-1-3-8-15)12-23-19(25)13-27-20(23)26/h1-11,17H,12-13H2,(H,22,24)/b11-10+/t17-/m0/s1. The molecule has 0 spiro atoms. The van der Waals surface area contributed by atoms with Crippen molar-refractivity contribution in [3.63, 3.8) is 0 Å². The number of benzene rings is 2. The van der Waals surface area contributed by atoms with E-state index in [9.17, 15) is 14.4 Å². The highest BCUT2D eigenvalue weighted by Gasteiger charge is 2.33. The SMILES string of the molecule is O=C(/C=C/c1ccccc1Cl)N[C@@H](CN1C(=O)COC1=O)c1ccccc1. The first-order chi connectivity index (χ1) is 13.0. The van der Waals surface area contributed by atoms with E-state index in [0.29, 0.717) is 10.6 Å². The Hall–Kier alpha value is -3.12. The van der Waals surface area contributed by atoms with Crippen LogP contribution in [-0.2, 0) is 14.3 Å². The molecule has 1 heterocycles. The maximum absolute atomic E-state index is 12.4. The Labute approximate surface area is 161 Å². The van der Waals surface area contributed by atoms with Gasteiger partial charge in [-0.15, -0.1) is 0 Å². The second-order valence-electron chi connectivity index (χ2n) is 5.89. The number of hydrogen-bond acceptors (Lipinski definition) is 4. The van der Waals surface area contributed by atoms with Crippen LogP contribution >= 0.6 is 11.6 Å². The number of hydrogen-bond donors (Lipinski definition) is 1. The summed E-state index contributed by atoms with van der Waals surface area (Å²) in [5.41, 5.74) is 1.48. The van der Waals surface area contributed by atoms with Crippen molar-refractivity contribution in [2.75, 3.05) is 13.2 Å². The highest BCUT2D eigenvalue weighted by Crippen LogP contribution is 2.18. The fraction of sp³-hybridized carbons (Fsp3) is 0.150. The molecule has 6 nitrogen and oxygen atoms in total. The molecule has 2 aromatic rings. The Bertz CT molecular complexity index is 867. The number of cyclic esters (lactones) is 1. The molecule has 27 heavy (non-hydrogen) atoms. The second kappa shape index (κ2) is 8.51. The lowest BCUT2D eigenvalue weighted by Crippen LogP contribution is -2.40. The topological polar surface area (TPSA) is 75.7 Å². The fourth-order valence-corrected chi connectivity index (χ4v) is 2.85. The van der Waals surface area contributed by atoms with Crippen LogP contribution in [0.2, 0.25) is 5.02 Å². The van der Waals surface area contributed by atoms with Gasteiger partial charge in [0.25, 0.3) is 5.91 Å². The molecule has 138 valence electrons. The van der Waals surface area contributed by atoms with Crippen LogP contribution in [0.3, 0.4) is 0 Å². The van der Waals surface area contributed by atoms with Crippen molar-refractivity contribution >= 4 is 35.6 Å². The van der Waals surface area contributed by atoms with Crippen molar-refractivity contribution in [2.45, 2.75) is 6.04 Å². The van der Waals surface area contributed by atoms with E-state index in [0.717, 1.165) is 10.5 Å². The van der Waals surface area contributed by atoms with Gasteiger partial charge >= 0.3 is 6.09 Å². The molecule has 0 unspecified atom stereocenters. The zero-order chi connectivity index (χ0) is 19.2. The van der Waals surface area contributed by atoms with E-state index >= 15 is 0 Å². The van der Waals surface area contributed by atoms with Gasteiger partial charge in [-0.2, -0.15) is 0 Å². The first kappa shape index (κ1) is 18.7. The quantitative estimate of drug-likeness (QED) is 0.776. The van der Waals surface area contributed by atoms with Gasteiger partial charge in [-0.25, -0.2) is 9.69 Å². The smallest absolute Gasteiger partial charge is 0.417 e. The normalized spacial score (nSPS) is 15.1. The van der Waals surface area contributed by atoms with Crippen molar-refractivity contribution in [1.82, 2.24) is 10.2 Å². The Morgan fingerprint density at radius 2 is 1.85 bits per heavy atom. The molecule has 0 aromatic heterocycles. The van der Waals surface area contributed by atoms with Gasteiger partial charge in [0.2, 0.25) is 5.91 Å². The molecule has 1 aliphatic heterocycles. The monoisotopic (exact) mass is 384 g/mol. The number of nitrogens with one attached hydrogen (secondary N) is 1. The summed E-state index contributed by atoms with van der Waals surface area (Å²) >= 11 is 6.08. The Morgan fingerprint density at radius 1 is 1.15 bits per heavy atom. The summed E-state index contributed by atoms with van der Waals surface area (Å²) in [6.45, 7) is -0.284. The predicted molar refractivity (Wildman–Crippen MR) is 101 cm³/mol. The molecule has 0 aliphatic carbocycles. The molecular weight excluding hydrogens is 368 g/mol. The van der Waals surface area contributed by atoms with Crippen LogP contribution in [0.25, 0.3) is 6.08 Å². The predicted octanol–water partition coefficient (Wildman–Crippen LogP) is 3.19. The molecule has 0 saturated carbocycles. The van der Waals surface area contributed by atoms with Gasteiger partial charge in [-0.1, -0.05) is 60.1 Å². The molecule has 3 amide bonds. The van der Waals surface area contributed by atoms with Crippen molar-refractivity contribution < 1.29 is 19.1 Å². The summed E-state index contributed by atoms with van der Waals surface area (Å²) in [6, 6.07) is 15.7. The van der Waals surface area contributed by atoms with E-state index in [1.165, 1.54) is 6.08 Å². The maximum Gasteiger partial charge on any atom is 0.417 e. The third-order valence-electron chi connectivity index (χ3n) is 4.04. The van der Waals surface area contributed by atoms with Gasteiger partial charge in [-0.05, 0) is 23.3 Å². The Morgan fingerprint density at radius 3 is 2.52 bits per heavy atom. The minimum absolute atomic E-state index is 0.00659. The van der Waals surface area contributed by atoms with E-state index in [1.807, 2.05) is 36.4 Å². The van der Waals surface area contributed by atoms with Crippen LogP contribution in [0.15, 0.2) is 60.7 Å². The van der Waals surface area contributed by atoms with E-state index in [4.69, 9.17) is 16.3 Å². The summed E-state index contributed by atoms with van der Waals surface area (Å²) in [7, 11) is 0. The summed E-state index contributed by atoms with van der Waals surface area (Å²) in [5, 5.41) is 3.35. The average molecular weight is 385 g/mol. The van der Waals surface area contributed by atoms with Crippen LogP contribution < -0.4 is 5.32 Å². The van der Waals surface area contributed by atoms with Gasteiger partial charge in [0, 0.05) is 11.1 Å². The number of nitrogens with zero attached hydrogens (tertiary/aromatic N) is 1. The van der Waals surface area contributed by atoms with Crippen LogP contribution in [0, 0.1) is 0 Å². The Kier molecular flexibility index (Phi) is 5.88. The molecular formula is C20H17ClN2O4. The number of carbonyl (C=O) groups excluding carboxylic acids is 3.